The minimum atomic E-state index is -4.32. The summed E-state index contributed by atoms with van der Waals surface area (Å²) in [4.78, 5) is 0. The van der Waals surface area contributed by atoms with Crippen molar-refractivity contribution in [1.82, 2.24) is 5.32 Å². The predicted molar refractivity (Wildman–Crippen MR) is 73.9 cm³/mol. The van der Waals surface area contributed by atoms with Crippen LogP contribution in [0.15, 0.2) is 28.7 Å². The lowest BCUT2D eigenvalue weighted by molar-refractivity contribution is -0.176. The molecule has 0 aliphatic heterocycles. The molecule has 0 aliphatic rings. The second-order valence-electron chi connectivity index (χ2n) is 4.78. The Kier molecular flexibility index (Phi) is 5.25. The van der Waals surface area contributed by atoms with E-state index in [2.05, 4.69) is 5.32 Å². The van der Waals surface area contributed by atoms with Gasteiger partial charge in [0.15, 0.2) is 0 Å². The van der Waals surface area contributed by atoms with Crippen molar-refractivity contribution in [2.24, 2.45) is 0 Å². The monoisotopic (exact) mass is 301 g/mol. The molecule has 0 atom stereocenters. The van der Waals surface area contributed by atoms with Crippen LogP contribution in [0, 0.1) is 0 Å². The number of ether oxygens (including phenoxy) is 1. The summed E-state index contributed by atoms with van der Waals surface area (Å²) in [5.74, 6) is 0.631. The number of rotatable bonds is 7. The summed E-state index contributed by atoms with van der Waals surface area (Å²) >= 11 is 0. The summed E-state index contributed by atoms with van der Waals surface area (Å²) in [6.07, 6.45) is -3.35. The first-order valence-electron chi connectivity index (χ1n) is 6.85. The van der Waals surface area contributed by atoms with Crippen molar-refractivity contribution in [2.45, 2.75) is 32.7 Å². The van der Waals surface area contributed by atoms with E-state index in [-0.39, 0.29) is 6.61 Å². The molecule has 1 heterocycles. The van der Waals surface area contributed by atoms with Crippen molar-refractivity contribution in [3.05, 3.63) is 35.6 Å². The SMILES string of the molecule is CCCNCc1oc2ccccc2c1COCC(F)(F)F. The van der Waals surface area contributed by atoms with Crippen molar-refractivity contribution in [3.8, 4) is 0 Å². The number of fused-ring (bicyclic) bond motifs is 1. The van der Waals surface area contributed by atoms with Gasteiger partial charge in [-0.2, -0.15) is 13.2 Å². The van der Waals surface area contributed by atoms with E-state index in [0.717, 1.165) is 18.4 Å². The molecule has 0 fully saturated rings. The number of nitrogens with one attached hydrogen (secondary N) is 1. The highest BCUT2D eigenvalue weighted by atomic mass is 19.4. The fourth-order valence-electron chi connectivity index (χ4n) is 2.10. The number of hydrogen-bond acceptors (Lipinski definition) is 3. The molecule has 0 unspecified atom stereocenters. The Balaban J connectivity index is 2.15. The standard InChI is InChI=1S/C15H18F3NO2/c1-2-7-19-8-14-12(9-20-10-15(16,17)18)11-5-3-4-6-13(11)21-14/h3-6,19H,2,7-10H2,1H3. The van der Waals surface area contributed by atoms with Gasteiger partial charge in [0.05, 0.1) is 13.2 Å². The second-order valence-corrected chi connectivity index (χ2v) is 4.78. The van der Waals surface area contributed by atoms with E-state index in [9.17, 15) is 13.2 Å². The van der Waals surface area contributed by atoms with E-state index in [1.54, 1.807) is 6.07 Å². The molecule has 21 heavy (non-hydrogen) atoms. The zero-order valence-corrected chi connectivity index (χ0v) is 11.8. The summed E-state index contributed by atoms with van der Waals surface area (Å²) in [5.41, 5.74) is 1.34. The van der Waals surface area contributed by atoms with Gasteiger partial charge in [-0.15, -0.1) is 0 Å². The summed E-state index contributed by atoms with van der Waals surface area (Å²) in [6.45, 7) is 1.97. The highest BCUT2D eigenvalue weighted by Gasteiger charge is 2.28. The number of para-hydroxylation sites is 1. The molecule has 1 aromatic carbocycles. The van der Waals surface area contributed by atoms with Crippen molar-refractivity contribution in [3.63, 3.8) is 0 Å². The van der Waals surface area contributed by atoms with Crippen molar-refractivity contribution < 1.29 is 22.3 Å². The topological polar surface area (TPSA) is 34.4 Å². The van der Waals surface area contributed by atoms with Gasteiger partial charge in [0.2, 0.25) is 0 Å². The molecule has 0 saturated carbocycles. The van der Waals surface area contributed by atoms with E-state index >= 15 is 0 Å². The van der Waals surface area contributed by atoms with Gasteiger partial charge in [0, 0.05) is 10.9 Å². The number of alkyl halides is 3. The van der Waals surface area contributed by atoms with E-state index in [1.165, 1.54) is 0 Å². The molecule has 116 valence electrons. The summed E-state index contributed by atoms with van der Waals surface area (Å²) in [7, 11) is 0. The molecule has 2 aromatic rings. The van der Waals surface area contributed by atoms with Gasteiger partial charge < -0.3 is 14.5 Å². The van der Waals surface area contributed by atoms with Crippen molar-refractivity contribution in [2.75, 3.05) is 13.2 Å². The Bertz CT molecular complexity index is 578. The maximum atomic E-state index is 12.2. The number of hydrogen-bond donors (Lipinski definition) is 1. The van der Waals surface area contributed by atoms with Gasteiger partial charge in [0.25, 0.3) is 0 Å². The molecule has 3 nitrogen and oxygen atoms in total. The van der Waals surface area contributed by atoms with Crippen LogP contribution in [0.4, 0.5) is 13.2 Å². The maximum absolute atomic E-state index is 12.2. The zero-order chi connectivity index (χ0) is 15.3. The number of halogens is 3. The molecule has 0 saturated heterocycles. The van der Waals surface area contributed by atoms with E-state index in [1.807, 2.05) is 25.1 Å². The van der Waals surface area contributed by atoms with Crippen LogP contribution in [0.3, 0.4) is 0 Å². The third-order valence-corrected chi connectivity index (χ3v) is 3.01. The van der Waals surface area contributed by atoms with Crippen LogP contribution >= 0.6 is 0 Å². The average Bonchev–Trinajstić information content (AvgIpc) is 2.76. The first-order valence-corrected chi connectivity index (χ1v) is 6.85. The quantitative estimate of drug-likeness (QED) is 0.785. The van der Waals surface area contributed by atoms with E-state index < -0.39 is 12.8 Å². The molecule has 6 heteroatoms. The Morgan fingerprint density at radius 1 is 1.24 bits per heavy atom. The average molecular weight is 301 g/mol. The Morgan fingerprint density at radius 2 is 2.00 bits per heavy atom. The van der Waals surface area contributed by atoms with Crippen LogP contribution in [0.1, 0.15) is 24.7 Å². The highest BCUT2D eigenvalue weighted by Crippen LogP contribution is 2.27. The minimum Gasteiger partial charge on any atom is -0.459 e. The first-order chi connectivity index (χ1) is 10.0. The van der Waals surface area contributed by atoms with E-state index in [4.69, 9.17) is 9.15 Å². The summed E-state index contributed by atoms with van der Waals surface area (Å²) in [5, 5.41) is 3.99. The molecule has 1 N–H and O–H groups in total. The molecular weight excluding hydrogens is 283 g/mol. The van der Waals surface area contributed by atoms with Crippen LogP contribution in [0.2, 0.25) is 0 Å². The number of benzene rings is 1. The van der Waals surface area contributed by atoms with Crippen LogP contribution in [-0.2, 0) is 17.9 Å². The van der Waals surface area contributed by atoms with Crippen molar-refractivity contribution >= 4 is 11.0 Å². The maximum Gasteiger partial charge on any atom is 0.411 e. The van der Waals surface area contributed by atoms with Crippen molar-refractivity contribution in [1.29, 1.82) is 0 Å². The molecular formula is C15H18F3NO2. The Hall–Kier alpha value is -1.53. The number of furan rings is 1. The lowest BCUT2D eigenvalue weighted by Gasteiger charge is -2.08. The summed E-state index contributed by atoms with van der Waals surface area (Å²) < 4.78 is 47.0. The normalized spacial score (nSPS) is 12.2. The molecule has 0 amide bonds. The third-order valence-electron chi connectivity index (χ3n) is 3.01. The molecule has 0 radical (unpaired) electrons. The Labute approximate surface area is 121 Å². The summed E-state index contributed by atoms with van der Waals surface area (Å²) in [6, 6.07) is 7.28. The van der Waals surface area contributed by atoms with Gasteiger partial charge in [-0.25, -0.2) is 0 Å². The van der Waals surface area contributed by atoms with Gasteiger partial charge >= 0.3 is 6.18 Å². The smallest absolute Gasteiger partial charge is 0.411 e. The fraction of sp³-hybridized carbons (Fsp3) is 0.467. The second kappa shape index (κ2) is 6.95. The zero-order valence-electron chi connectivity index (χ0n) is 11.8. The molecule has 2 rings (SSSR count). The minimum absolute atomic E-state index is 0.111. The van der Waals surface area contributed by atoms with Crippen LogP contribution < -0.4 is 5.32 Å². The van der Waals surface area contributed by atoms with E-state index in [0.29, 0.717) is 23.5 Å². The fourth-order valence-corrected chi connectivity index (χ4v) is 2.10. The largest absolute Gasteiger partial charge is 0.459 e. The third kappa shape index (κ3) is 4.47. The van der Waals surface area contributed by atoms with Gasteiger partial charge in [-0.05, 0) is 19.0 Å². The Morgan fingerprint density at radius 3 is 2.71 bits per heavy atom. The van der Waals surface area contributed by atoms with Crippen LogP contribution in [0.25, 0.3) is 11.0 Å². The molecule has 0 spiro atoms. The highest BCUT2D eigenvalue weighted by molar-refractivity contribution is 5.82. The van der Waals surface area contributed by atoms with Crippen LogP contribution in [0.5, 0.6) is 0 Å². The van der Waals surface area contributed by atoms with Gasteiger partial charge in [-0.3, -0.25) is 0 Å². The van der Waals surface area contributed by atoms with Gasteiger partial charge in [0.1, 0.15) is 18.0 Å². The van der Waals surface area contributed by atoms with Crippen LogP contribution in [-0.4, -0.2) is 19.3 Å². The molecule has 1 aromatic heterocycles. The lowest BCUT2D eigenvalue weighted by atomic mass is 10.1. The van der Waals surface area contributed by atoms with Gasteiger partial charge in [-0.1, -0.05) is 25.1 Å². The molecule has 0 bridgehead atoms. The predicted octanol–water partition coefficient (Wildman–Crippen LogP) is 4.01. The first kappa shape index (κ1) is 15.9. The molecule has 0 aliphatic carbocycles. The lowest BCUT2D eigenvalue weighted by Crippen LogP contribution is -2.18.